The van der Waals surface area contributed by atoms with Crippen LogP contribution < -0.4 is 0 Å². The van der Waals surface area contributed by atoms with Crippen LogP contribution in [0, 0.1) is 0 Å². The molecule has 0 aromatic rings. The van der Waals surface area contributed by atoms with Gasteiger partial charge in [0.15, 0.2) is 6.10 Å². The Hall–Kier alpha value is -1.67. The van der Waals surface area contributed by atoms with Gasteiger partial charge < -0.3 is 28.8 Å². The number of carbonyl (C=O) groups is 3. The second kappa shape index (κ2) is 19.1. The van der Waals surface area contributed by atoms with Crippen molar-refractivity contribution in [3.8, 4) is 0 Å². The van der Waals surface area contributed by atoms with Crippen molar-refractivity contribution in [3.05, 3.63) is 0 Å². The maximum atomic E-state index is 11.7. The van der Waals surface area contributed by atoms with Gasteiger partial charge in [0.25, 0.3) is 0 Å². The molecule has 0 saturated carbocycles. The number of ether oxygens (including phenoxy) is 4. The second-order valence-electron chi connectivity index (χ2n) is 6.02. The minimum Gasteiger partial charge on any atom is -0.456 e. The number of unbranched alkanes of at least 4 members (excludes halogenated alkanes) is 4. The first-order valence-corrected chi connectivity index (χ1v) is 9.07. The van der Waals surface area contributed by atoms with Gasteiger partial charge in [0, 0.05) is 26.6 Å². The van der Waals surface area contributed by atoms with Gasteiger partial charge in [-0.1, -0.05) is 13.8 Å². The average Bonchev–Trinajstić information content (AvgIpc) is 2.59. The highest BCUT2D eigenvalue weighted by atomic mass is 16.7. The van der Waals surface area contributed by atoms with Gasteiger partial charge in [0.2, 0.25) is 0 Å². The van der Waals surface area contributed by atoms with E-state index in [1.165, 1.54) is 7.11 Å². The van der Waals surface area contributed by atoms with E-state index in [1.54, 1.807) is 6.92 Å². The summed E-state index contributed by atoms with van der Waals surface area (Å²) in [5.41, 5.74) is 0. The zero-order valence-electron chi connectivity index (χ0n) is 15.9. The van der Waals surface area contributed by atoms with Crippen LogP contribution in [0.25, 0.3) is 0 Å². The normalized spacial score (nSPS) is 11.2. The monoisotopic (exact) mass is 392 g/mol. The van der Waals surface area contributed by atoms with Crippen molar-refractivity contribution in [2.75, 3.05) is 33.5 Å². The van der Waals surface area contributed by atoms with E-state index in [4.69, 9.17) is 24.1 Å². The highest BCUT2D eigenvalue weighted by molar-refractivity contribution is 5.75. The minimum absolute atomic E-state index is 0. The Kier molecular flexibility index (Phi) is 19.5. The lowest BCUT2D eigenvalue weighted by Gasteiger charge is -2.17. The Morgan fingerprint density at radius 1 is 0.889 bits per heavy atom. The number of hydrogen-bond acceptors (Lipinski definition) is 8. The van der Waals surface area contributed by atoms with E-state index in [0.29, 0.717) is 25.7 Å². The number of hydrogen-bond donors (Lipinski definition) is 1. The lowest BCUT2D eigenvalue weighted by Crippen LogP contribution is -2.29. The predicted molar refractivity (Wildman–Crippen MR) is 100 cm³/mol. The number of methoxy groups -OCH3 is 1. The van der Waals surface area contributed by atoms with Gasteiger partial charge in [0.1, 0.15) is 12.4 Å². The number of aliphatic hydroxyl groups excluding tert-OH is 1. The highest BCUT2D eigenvalue weighted by Crippen LogP contribution is 2.05. The van der Waals surface area contributed by atoms with E-state index >= 15 is 0 Å². The van der Waals surface area contributed by atoms with Crippen LogP contribution in [-0.2, 0) is 28.5 Å². The van der Waals surface area contributed by atoms with Crippen LogP contribution >= 0.6 is 0 Å². The van der Waals surface area contributed by atoms with Gasteiger partial charge in [-0.15, -0.1) is 0 Å². The summed E-state index contributed by atoms with van der Waals surface area (Å²) >= 11 is 0. The largest absolute Gasteiger partial charge is 0.508 e. The summed E-state index contributed by atoms with van der Waals surface area (Å²) in [5.74, 6) is -0.245. The maximum absolute atomic E-state index is 11.7. The lowest BCUT2D eigenvalue weighted by atomic mass is 10.1. The van der Waals surface area contributed by atoms with Crippen molar-refractivity contribution in [2.24, 2.45) is 0 Å². The molecule has 0 amide bonds. The van der Waals surface area contributed by atoms with Crippen molar-refractivity contribution in [1.82, 2.24) is 0 Å². The van der Waals surface area contributed by atoms with E-state index in [9.17, 15) is 14.4 Å². The Bertz CT molecular complexity index is 397. The Labute approximate surface area is 162 Å². The van der Waals surface area contributed by atoms with E-state index in [0.717, 1.165) is 19.3 Å². The molecule has 0 fully saturated rings. The number of esters is 1. The first-order chi connectivity index (χ1) is 12.5. The Morgan fingerprint density at radius 3 is 2.19 bits per heavy atom. The van der Waals surface area contributed by atoms with Gasteiger partial charge in [-0.3, -0.25) is 4.79 Å². The van der Waals surface area contributed by atoms with Gasteiger partial charge in [-0.05, 0) is 39.0 Å². The van der Waals surface area contributed by atoms with E-state index in [-0.39, 0.29) is 46.1 Å². The smallest absolute Gasteiger partial charge is 0.456 e. The summed E-state index contributed by atoms with van der Waals surface area (Å²) in [6.45, 7) is 1.84. The summed E-state index contributed by atoms with van der Waals surface area (Å²) in [4.78, 5) is 34.0. The third-order valence-corrected chi connectivity index (χ3v) is 3.47. The molecule has 0 saturated heterocycles. The van der Waals surface area contributed by atoms with Gasteiger partial charge in [-0.25, -0.2) is 4.79 Å². The molecular weight excluding hydrogens is 356 g/mol. The van der Waals surface area contributed by atoms with Crippen LogP contribution in [0.1, 0.15) is 65.7 Å². The highest BCUT2D eigenvalue weighted by Gasteiger charge is 2.17. The molecule has 0 heterocycles. The molecule has 0 rings (SSSR count). The van der Waals surface area contributed by atoms with Crippen LogP contribution in [0.2, 0.25) is 0 Å². The molecule has 0 radical (unpaired) electrons. The zero-order chi connectivity index (χ0) is 19.6. The first-order valence-electron chi connectivity index (χ1n) is 9.07. The third-order valence-electron chi connectivity index (χ3n) is 3.47. The molecule has 8 heteroatoms. The van der Waals surface area contributed by atoms with E-state index < -0.39 is 18.2 Å². The van der Waals surface area contributed by atoms with Crippen molar-refractivity contribution in [1.29, 1.82) is 0 Å². The summed E-state index contributed by atoms with van der Waals surface area (Å²) < 4.78 is 20.0. The molecule has 0 aliphatic heterocycles. The molecule has 0 aliphatic carbocycles. The molecule has 160 valence electrons. The van der Waals surface area contributed by atoms with Crippen molar-refractivity contribution in [2.45, 2.75) is 71.8 Å². The van der Waals surface area contributed by atoms with Crippen LogP contribution in [0.5, 0.6) is 0 Å². The quantitative estimate of drug-likeness (QED) is 0.315. The van der Waals surface area contributed by atoms with E-state index in [1.807, 2.05) is 0 Å². The fraction of sp³-hybridized carbons (Fsp3) is 0.842. The van der Waals surface area contributed by atoms with Gasteiger partial charge in [0.05, 0.1) is 13.2 Å². The maximum Gasteiger partial charge on any atom is 0.508 e. The molecule has 27 heavy (non-hydrogen) atoms. The molecule has 0 bridgehead atoms. The van der Waals surface area contributed by atoms with Crippen LogP contribution in [0.3, 0.4) is 0 Å². The SMILES string of the molecule is C.COCC(COC(=O)OCCCCCC(C)=O)OC(=O)CCCCCO. The number of ketones is 1. The lowest BCUT2D eigenvalue weighted by molar-refractivity contribution is -0.154. The van der Waals surface area contributed by atoms with Crippen molar-refractivity contribution >= 4 is 17.9 Å². The van der Waals surface area contributed by atoms with Crippen molar-refractivity contribution in [3.63, 3.8) is 0 Å². The average molecular weight is 392 g/mol. The van der Waals surface area contributed by atoms with Crippen molar-refractivity contribution < 1.29 is 38.4 Å². The topological polar surface area (TPSA) is 108 Å². The molecule has 0 spiro atoms. The molecule has 1 atom stereocenters. The Balaban J connectivity index is 0. The molecule has 0 aliphatic rings. The van der Waals surface area contributed by atoms with Gasteiger partial charge >= 0.3 is 12.1 Å². The minimum atomic E-state index is -0.823. The molecule has 0 aromatic carbocycles. The Morgan fingerprint density at radius 2 is 1.56 bits per heavy atom. The number of carbonyl (C=O) groups excluding carboxylic acids is 3. The summed E-state index contributed by atoms with van der Waals surface area (Å²) in [6, 6.07) is 0. The summed E-state index contributed by atoms with van der Waals surface area (Å²) in [5, 5.41) is 8.69. The third kappa shape index (κ3) is 18.9. The van der Waals surface area contributed by atoms with Crippen LogP contribution in [-0.4, -0.2) is 62.7 Å². The number of Topliss-reactive ketones (excluding diaryl/α,β-unsaturated/α-hetero) is 1. The van der Waals surface area contributed by atoms with E-state index in [2.05, 4.69) is 0 Å². The summed E-state index contributed by atoms with van der Waals surface area (Å²) in [6.07, 6.45) is 3.53. The van der Waals surface area contributed by atoms with Crippen LogP contribution in [0.15, 0.2) is 0 Å². The standard InChI is InChI=1S/C18H32O8.CH4/c1-15(20)9-5-4-8-12-24-18(22)25-14-16(13-23-2)26-17(21)10-6-3-7-11-19;/h16,19H,3-14H2,1-2H3;1H4. The predicted octanol–water partition coefficient (Wildman–Crippen LogP) is 3.04. The van der Waals surface area contributed by atoms with Crippen LogP contribution in [0.4, 0.5) is 4.79 Å². The molecular formula is C19H36O8. The number of aliphatic hydroxyl groups is 1. The molecule has 1 N–H and O–H groups in total. The second-order valence-corrected chi connectivity index (χ2v) is 6.02. The molecule has 1 unspecified atom stereocenters. The van der Waals surface area contributed by atoms with Gasteiger partial charge in [-0.2, -0.15) is 0 Å². The first kappa shape index (κ1) is 27.5. The fourth-order valence-corrected chi connectivity index (χ4v) is 2.12. The number of rotatable bonds is 16. The molecule has 0 aromatic heterocycles. The molecule has 8 nitrogen and oxygen atoms in total. The summed E-state index contributed by atoms with van der Waals surface area (Å²) in [7, 11) is 1.46. The zero-order valence-corrected chi connectivity index (χ0v) is 15.9. The fourth-order valence-electron chi connectivity index (χ4n) is 2.12.